The van der Waals surface area contributed by atoms with Gasteiger partial charge in [0, 0.05) is 22.2 Å². The summed E-state index contributed by atoms with van der Waals surface area (Å²) in [4.78, 5) is 0. The molecule has 3 nitrogen and oxygen atoms in total. The Hall–Kier alpha value is -2.42. The van der Waals surface area contributed by atoms with E-state index in [0.29, 0.717) is 16.2 Å². The van der Waals surface area contributed by atoms with Gasteiger partial charge in [-0.1, -0.05) is 24.3 Å². The van der Waals surface area contributed by atoms with E-state index in [1.807, 2.05) is 18.2 Å². The lowest BCUT2D eigenvalue weighted by molar-refractivity contribution is 0.453. The van der Waals surface area contributed by atoms with Crippen molar-refractivity contribution in [1.82, 2.24) is 0 Å². The molecular weight excluding hydrogens is 216 g/mol. The Bertz CT molecular complexity index is 732. The van der Waals surface area contributed by atoms with Gasteiger partial charge in [-0.05, 0) is 17.5 Å². The number of hydrogen-bond acceptors (Lipinski definition) is 3. The van der Waals surface area contributed by atoms with E-state index in [9.17, 15) is 15.3 Å². The highest BCUT2D eigenvalue weighted by Crippen LogP contribution is 2.39. The van der Waals surface area contributed by atoms with Crippen LogP contribution in [-0.4, -0.2) is 15.3 Å². The van der Waals surface area contributed by atoms with Crippen molar-refractivity contribution < 1.29 is 15.3 Å². The molecule has 84 valence electrons. The minimum absolute atomic E-state index is 0.0407. The molecule has 3 aromatic rings. The summed E-state index contributed by atoms with van der Waals surface area (Å²) < 4.78 is 0. The molecule has 0 spiro atoms. The molecule has 0 aliphatic carbocycles. The van der Waals surface area contributed by atoms with Crippen molar-refractivity contribution >= 4 is 21.5 Å². The molecule has 17 heavy (non-hydrogen) atoms. The van der Waals surface area contributed by atoms with E-state index in [2.05, 4.69) is 0 Å². The van der Waals surface area contributed by atoms with E-state index in [1.165, 1.54) is 12.1 Å². The summed E-state index contributed by atoms with van der Waals surface area (Å²) in [6, 6.07) is 11.8. The number of hydrogen-bond donors (Lipinski definition) is 3. The molecule has 0 saturated heterocycles. The molecule has 0 aliphatic heterocycles. The van der Waals surface area contributed by atoms with Crippen molar-refractivity contribution in [3.05, 3.63) is 42.5 Å². The largest absolute Gasteiger partial charge is 0.508 e. The summed E-state index contributed by atoms with van der Waals surface area (Å²) in [6.45, 7) is 0. The average molecular weight is 226 g/mol. The van der Waals surface area contributed by atoms with Gasteiger partial charge in [-0.25, -0.2) is 0 Å². The molecular formula is C14H10O3. The molecule has 0 radical (unpaired) electrons. The zero-order valence-corrected chi connectivity index (χ0v) is 8.88. The lowest BCUT2D eigenvalue weighted by Gasteiger charge is -2.08. The summed E-state index contributed by atoms with van der Waals surface area (Å²) in [7, 11) is 0. The van der Waals surface area contributed by atoms with Crippen LogP contribution in [0.25, 0.3) is 21.5 Å². The highest BCUT2D eigenvalue weighted by Gasteiger charge is 2.10. The first kappa shape index (κ1) is 9.78. The first-order chi connectivity index (χ1) is 8.16. The SMILES string of the molecule is Oc1cc(O)c2cc3ccccc3c(O)c2c1. The molecule has 3 heteroatoms. The van der Waals surface area contributed by atoms with Crippen LogP contribution in [-0.2, 0) is 0 Å². The molecule has 0 amide bonds. The summed E-state index contributed by atoms with van der Waals surface area (Å²) in [5, 5.41) is 31.9. The fourth-order valence-corrected chi connectivity index (χ4v) is 2.11. The van der Waals surface area contributed by atoms with Gasteiger partial charge < -0.3 is 15.3 Å². The van der Waals surface area contributed by atoms with Gasteiger partial charge >= 0.3 is 0 Å². The van der Waals surface area contributed by atoms with E-state index in [-0.39, 0.29) is 17.2 Å². The van der Waals surface area contributed by atoms with Crippen LogP contribution in [0.1, 0.15) is 0 Å². The van der Waals surface area contributed by atoms with Gasteiger partial charge in [-0.15, -0.1) is 0 Å². The van der Waals surface area contributed by atoms with Crippen molar-refractivity contribution in [2.24, 2.45) is 0 Å². The maximum Gasteiger partial charge on any atom is 0.131 e. The van der Waals surface area contributed by atoms with Crippen LogP contribution in [0.2, 0.25) is 0 Å². The van der Waals surface area contributed by atoms with Gasteiger partial charge in [0.2, 0.25) is 0 Å². The highest BCUT2D eigenvalue weighted by atomic mass is 16.3. The average Bonchev–Trinajstić information content (AvgIpc) is 2.31. The molecule has 0 saturated carbocycles. The number of benzene rings is 3. The standard InChI is InChI=1S/C14H10O3/c15-9-6-12-11(13(16)7-9)5-8-3-1-2-4-10(8)14(12)17/h1-7,15-17H. The first-order valence-electron chi connectivity index (χ1n) is 5.23. The Balaban J connectivity index is 2.59. The number of phenolic OH excluding ortho intramolecular Hbond substituents is 3. The molecule has 0 fully saturated rings. The maximum absolute atomic E-state index is 10.1. The summed E-state index contributed by atoms with van der Waals surface area (Å²) >= 11 is 0. The quantitative estimate of drug-likeness (QED) is 0.516. The molecule has 0 atom stereocenters. The van der Waals surface area contributed by atoms with Crippen LogP contribution < -0.4 is 0 Å². The van der Waals surface area contributed by atoms with Crippen LogP contribution in [0.15, 0.2) is 42.5 Å². The zero-order valence-electron chi connectivity index (χ0n) is 8.88. The molecule has 0 unspecified atom stereocenters. The normalized spacial score (nSPS) is 11.1. The monoisotopic (exact) mass is 226 g/mol. The topological polar surface area (TPSA) is 60.7 Å². The second kappa shape index (κ2) is 3.28. The second-order valence-corrected chi connectivity index (χ2v) is 4.01. The Morgan fingerprint density at radius 2 is 1.47 bits per heavy atom. The second-order valence-electron chi connectivity index (χ2n) is 4.01. The fraction of sp³-hybridized carbons (Fsp3) is 0. The molecule has 0 aromatic heterocycles. The zero-order chi connectivity index (χ0) is 12.0. The van der Waals surface area contributed by atoms with Crippen molar-refractivity contribution in [1.29, 1.82) is 0 Å². The van der Waals surface area contributed by atoms with Gasteiger partial charge in [0.25, 0.3) is 0 Å². The van der Waals surface area contributed by atoms with Crippen LogP contribution in [0.3, 0.4) is 0 Å². The lowest BCUT2D eigenvalue weighted by Crippen LogP contribution is -1.80. The molecule has 3 aromatic carbocycles. The van der Waals surface area contributed by atoms with E-state index in [0.717, 1.165) is 5.39 Å². The van der Waals surface area contributed by atoms with E-state index >= 15 is 0 Å². The minimum Gasteiger partial charge on any atom is -0.508 e. The third-order valence-corrected chi connectivity index (χ3v) is 2.91. The summed E-state index contributed by atoms with van der Waals surface area (Å²) in [5.74, 6) is -0.0362. The van der Waals surface area contributed by atoms with Crippen LogP contribution >= 0.6 is 0 Å². The van der Waals surface area contributed by atoms with E-state index < -0.39 is 0 Å². The van der Waals surface area contributed by atoms with Gasteiger partial charge in [-0.3, -0.25) is 0 Å². The smallest absolute Gasteiger partial charge is 0.131 e. The van der Waals surface area contributed by atoms with Crippen molar-refractivity contribution in [3.8, 4) is 17.2 Å². The van der Waals surface area contributed by atoms with Crippen LogP contribution in [0, 0.1) is 0 Å². The van der Waals surface area contributed by atoms with Gasteiger partial charge in [0.05, 0.1) is 0 Å². The van der Waals surface area contributed by atoms with Crippen molar-refractivity contribution in [2.45, 2.75) is 0 Å². The Kier molecular flexibility index (Phi) is 1.89. The highest BCUT2D eigenvalue weighted by molar-refractivity contribution is 6.07. The van der Waals surface area contributed by atoms with E-state index in [4.69, 9.17) is 0 Å². The molecule has 0 bridgehead atoms. The van der Waals surface area contributed by atoms with Crippen LogP contribution in [0.5, 0.6) is 17.2 Å². The lowest BCUT2D eigenvalue weighted by atomic mass is 10.0. The predicted octanol–water partition coefficient (Wildman–Crippen LogP) is 3.11. The third kappa shape index (κ3) is 1.36. The fourth-order valence-electron chi connectivity index (χ4n) is 2.11. The first-order valence-corrected chi connectivity index (χ1v) is 5.23. The number of rotatable bonds is 0. The Labute approximate surface area is 97.2 Å². The van der Waals surface area contributed by atoms with Gasteiger partial charge in [-0.2, -0.15) is 0 Å². The molecule has 3 rings (SSSR count). The molecule has 3 N–H and O–H groups in total. The number of phenols is 3. The third-order valence-electron chi connectivity index (χ3n) is 2.91. The van der Waals surface area contributed by atoms with Crippen molar-refractivity contribution in [3.63, 3.8) is 0 Å². The van der Waals surface area contributed by atoms with Crippen molar-refractivity contribution in [2.75, 3.05) is 0 Å². The van der Waals surface area contributed by atoms with Gasteiger partial charge in [0.1, 0.15) is 17.2 Å². The number of fused-ring (bicyclic) bond motifs is 2. The van der Waals surface area contributed by atoms with E-state index in [1.54, 1.807) is 12.1 Å². The van der Waals surface area contributed by atoms with Crippen LogP contribution in [0.4, 0.5) is 0 Å². The molecule has 0 heterocycles. The Morgan fingerprint density at radius 3 is 2.29 bits per heavy atom. The predicted molar refractivity (Wildman–Crippen MR) is 66.4 cm³/mol. The number of aromatic hydroxyl groups is 3. The minimum atomic E-state index is -0.0689. The summed E-state index contributed by atoms with van der Waals surface area (Å²) in [5.41, 5.74) is 0. The summed E-state index contributed by atoms with van der Waals surface area (Å²) in [6.07, 6.45) is 0. The Morgan fingerprint density at radius 1 is 0.706 bits per heavy atom. The maximum atomic E-state index is 10.1. The van der Waals surface area contributed by atoms with Gasteiger partial charge in [0.15, 0.2) is 0 Å². The molecule has 0 aliphatic rings.